The van der Waals surface area contributed by atoms with Crippen LogP contribution in [0.4, 0.5) is 5.69 Å². The summed E-state index contributed by atoms with van der Waals surface area (Å²) in [6.07, 6.45) is 3.16. The highest BCUT2D eigenvalue weighted by Gasteiger charge is 2.28. The molecule has 198 valence electrons. The number of allylic oxidation sites excluding steroid dienone is 1. The number of carbonyl (C=O) groups is 1. The Bertz CT molecular complexity index is 1630. The van der Waals surface area contributed by atoms with Gasteiger partial charge in [0.1, 0.15) is 5.75 Å². The molecule has 5 rings (SSSR count). The molecule has 7 nitrogen and oxygen atoms in total. The molecule has 1 heterocycles. The van der Waals surface area contributed by atoms with Gasteiger partial charge < -0.3 is 9.84 Å². The zero-order valence-corrected chi connectivity index (χ0v) is 22.4. The summed E-state index contributed by atoms with van der Waals surface area (Å²) in [7, 11) is 0. The van der Waals surface area contributed by atoms with Gasteiger partial charge in [0, 0.05) is 11.5 Å². The van der Waals surface area contributed by atoms with E-state index in [2.05, 4.69) is 27.7 Å². The maximum Gasteiger partial charge on any atom is 0.336 e. The molecule has 1 atom stereocenters. The number of hydrogen-bond donors (Lipinski definition) is 1. The van der Waals surface area contributed by atoms with Crippen LogP contribution in [0.25, 0.3) is 22.6 Å². The lowest BCUT2D eigenvalue weighted by molar-refractivity contribution is -0.385. The molecule has 0 spiro atoms. The molecule has 0 bridgehead atoms. The number of benzene rings is 3. The quantitative estimate of drug-likeness (QED) is 0.210. The van der Waals surface area contributed by atoms with Crippen LogP contribution >= 0.6 is 0 Å². The van der Waals surface area contributed by atoms with E-state index in [0.717, 1.165) is 11.1 Å². The normalized spacial score (nSPS) is 16.2. The highest BCUT2D eigenvalue weighted by Crippen LogP contribution is 2.40. The lowest BCUT2D eigenvalue weighted by Gasteiger charge is -2.26. The molecule has 0 saturated heterocycles. The molecule has 0 radical (unpaired) electrons. The van der Waals surface area contributed by atoms with Gasteiger partial charge >= 0.3 is 11.7 Å². The lowest BCUT2D eigenvalue weighted by Crippen LogP contribution is -2.17. The number of nitrogens with zero attached hydrogens (tertiary/aromatic N) is 2. The maximum atomic E-state index is 12.3. The van der Waals surface area contributed by atoms with Crippen molar-refractivity contribution in [3.63, 3.8) is 0 Å². The first-order chi connectivity index (χ1) is 18.5. The molecule has 1 aliphatic rings. The molecule has 3 aromatic carbocycles. The highest BCUT2D eigenvalue weighted by molar-refractivity contribution is 6.06. The molecule has 0 amide bonds. The van der Waals surface area contributed by atoms with Crippen LogP contribution in [0.2, 0.25) is 0 Å². The van der Waals surface area contributed by atoms with Crippen LogP contribution < -0.4 is 4.74 Å². The van der Waals surface area contributed by atoms with Gasteiger partial charge in [0.15, 0.2) is 0 Å². The van der Waals surface area contributed by atoms with E-state index in [4.69, 9.17) is 9.72 Å². The Hall–Kier alpha value is -4.52. The molecule has 1 N–H and O–H groups in total. The van der Waals surface area contributed by atoms with E-state index in [0.29, 0.717) is 46.3 Å². The molecule has 0 saturated carbocycles. The summed E-state index contributed by atoms with van der Waals surface area (Å²) in [6, 6.07) is 19.7. The monoisotopic (exact) mass is 522 g/mol. The lowest BCUT2D eigenvalue weighted by atomic mass is 9.80. The number of nitro benzene ring substituents is 1. The van der Waals surface area contributed by atoms with E-state index in [-0.39, 0.29) is 28.3 Å². The van der Waals surface area contributed by atoms with E-state index in [1.807, 2.05) is 48.5 Å². The number of fused-ring (bicyclic) bond motifs is 2. The van der Waals surface area contributed by atoms with Crippen molar-refractivity contribution >= 4 is 34.2 Å². The summed E-state index contributed by atoms with van der Waals surface area (Å²) in [6.45, 7) is 8.43. The number of aromatic nitrogens is 1. The number of hydrogen-bond acceptors (Lipinski definition) is 5. The van der Waals surface area contributed by atoms with Crippen LogP contribution in [-0.4, -0.2) is 21.0 Å². The molecular formula is C32H30N2O5. The van der Waals surface area contributed by atoms with Crippen molar-refractivity contribution in [2.24, 2.45) is 5.92 Å². The van der Waals surface area contributed by atoms with Gasteiger partial charge in [-0.2, -0.15) is 0 Å². The zero-order valence-electron chi connectivity index (χ0n) is 22.4. The average molecular weight is 523 g/mol. The van der Waals surface area contributed by atoms with Gasteiger partial charge in [0.2, 0.25) is 5.75 Å². The van der Waals surface area contributed by atoms with Crippen LogP contribution in [0.1, 0.15) is 66.9 Å². The minimum absolute atomic E-state index is 0.0126. The smallest absolute Gasteiger partial charge is 0.336 e. The third-order valence-electron chi connectivity index (χ3n) is 7.10. The number of rotatable bonds is 5. The second-order valence-corrected chi connectivity index (χ2v) is 11.2. The van der Waals surface area contributed by atoms with Crippen molar-refractivity contribution < 1.29 is 19.6 Å². The van der Waals surface area contributed by atoms with Crippen molar-refractivity contribution in [3.05, 3.63) is 105 Å². The van der Waals surface area contributed by atoms with E-state index in [1.165, 1.54) is 6.07 Å². The van der Waals surface area contributed by atoms with E-state index in [1.54, 1.807) is 18.2 Å². The molecule has 0 fully saturated rings. The number of carboxylic acid groups (broad SMARTS) is 1. The van der Waals surface area contributed by atoms with Gasteiger partial charge in [0.25, 0.3) is 0 Å². The van der Waals surface area contributed by atoms with Crippen LogP contribution in [-0.2, 0) is 11.8 Å². The van der Waals surface area contributed by atoms with Crippen LogP contribution in [0.15, 0.2) is 66.7 Å². The first-order valence-corrected chi connectivity index (χ1v) is 12.9. The first kappa shape index (κ1) is 26.1. The minimum Gasteiger partial charge on any atom is -0.478 e. The molecule has 39 heavy (non-hydrogen) atoms. The van der Waals surface area contributed by atoms with E-state index >= 15 is 0 Å². The number of pyridine rings is 1. The second-order valence-electron chi connectivity index (χ2n) is 11.2. The number of aromatic carboxylic acids is 1. The fourth-order valence-electron chi connectivity index (χ4n) is 5.18. The summed E-state index contributed by atoms with van der Waals surface area (Å²) >= 11 is 0. The molecule has 0 aliphatic heterocycles. The Kier molecular flexibility index (Phi) is 6.68. The van der Waals surface area contributed by atoms with Crippen molar-refractivity contribution in [3.8, 4) is 11.5 Å². The minimum atomic E-state index is -0.981. The van der Waals surface area contributed by atoms with Crippen LogP contribution in [0.5, 0.6) is 11.5 Å². The predicted molar refractivity (Wildman–Crippen MR) is 152 cm³/mol. The topological polar surface area (TPSA) is 103 Å². The molecule has 0 unspecified atom stereocenters. The van der Waals surface area contributed by atoms with Gasteiger partial charge in [-0.1, -0.05) is 64.1 Å². The van der Waals surface area contributed by atoms with Crippen molar-refractivity contribution in [2.45, 2.75) is 46.0 Å². The van der Waals surface area contributed by atoms with Crippen molar-refractivity contribution in [2.75, 3.05) is 0 Å². The van der Waals surface area contributed by atoms with E-state index in [9.17, 15) is 20.0 Å². The number of para-hydroxylation sites is 1. The Labute approximate surface area is 226 Å². The van der Waals surface area contributed by atoms with Crippen LogP contribution in [0.3, 0.4) is 0 Å². The Balaban J connectivity index is 1.55. The molecule has 7 heteroatoms. The predicted octanol–water partition coefficient (Wildman–Crippen LogP) is 8.05. The fraction of sp³-hybridized carbons (Fsp3) is 0.250. The Morgan fingerprint density at radius 3 is 2.46 bits per heavy atom. The van der Waals surface area contributed by atoms with E-state index < -0.39 is 10.9 Å². The van der Waals surface area contributed by atoms with Gasteiger partial charge in [-0.25, -0.2) is 9.78 Å². The largest absolute Gasteiger partial charge is 0.478 e. The summed E-state index contributed by atoms with van der Waals surface area (Å²) in [4.78, 5) is 28.7. The Morgan fingerprint density at radius 1 is 1.08 bits per heavy atom. The van der Waals surface area contributed by atoms with Gasteiger partial charge in [-0.05, 0) is 76.8 Å². The Morgan fingerprint density at radius 2 is 1.79 bits per heavy atom. The second kappa shape index (κ2) is 9.98. The summed E-state index contributed by atoms with van der Waals surface area (Å²) in [5.41, 5.74) is 4.71. The maximum absolute atomic E-state index is 12.3. The standard InChI is InChI=1S/C32H30N2O5/c1-19-15-21(30-25(16-19)29(31(35)36)24-7-5-6-8-26(24)33-30)17-20-9-14-28(27(18-20)34(37)38)39-23-12-10-22(11-13-23)32(2,3)4/h5-14,17-19H,15-16H2,1-4H3,(H,35,36)/b21-17-/t19-/m0/s1. The third kappa shape index (κ3) is 5.25. The van der Waals surface area contributed by atoms with Gasteiger partial charge in [-0.3, -0.25) is 10.1 Å². The first-order valence-electron chi connectivity index (χ1n) is 12.9. The molecule has 1 aromatic heterocycles. The summed E-state index contributed by atoms with van der Waals surface area (Å²) in [5, 5.41) is 22.7. The third-order valence-corrected chi connectivity index (χ3v) is 7.10. The summed E-state index contributed by atoms with van der Waals surface area (Å²) < 4.78 is 5.91. The molecule has 1 aliphatic carbocycles. The van der Waals surface area contributed by atoms with Gasteiger partial charge in [0.05, 0.1) is 21.7 Å². The number of nitro groups is 1. The fourth-order valence-corrected chi connectivity index (χ4v) is 5.18. The number of carboxylic acids is 1. The molecule has 4 aromatic rings. The SMILES string of the molecule is C[C@H]1C/C(=C/c2ccc(Oc3ccc(C(C)(C)C)cc3)c([N+](=O)[O-])c2)c2nc3ccccc3c(C(=O)O)c2C1. The van der Waals surface area contributed by atoms with Crippen LogP contribution in [0, 0.1) is 16.0 Å². The highest BCUT2D eigenvalue weighted by atomic mass is 16.6. The van der Waals surface area contributed by atoms with Crippen molar-refractivity contribution in [1.82, 2.24) is 4.98 Å². The molecular weight excluding hydrogens is 492 g/mol. The number of ether oxygens (including phenoxy) is 1. The average Bonchev–Trinajstić information content (AvgIpc) is 2.88. The summed E-state index contributed by atoms with van der Waals surface area (Å²) in [5.74, 6) is -0.116. The van der Waals surface area contributed by atoms with Gasteiger partial charge in [-0.15, -0.1) is 0 Å². The zero-order chi connectivity index (χ0) is 27.9. The van der Waals surface area contributed by atoms with Crippen molar-refractivity contribution in [1.29, 1.82) is 0 Å².